The molecule has 0 saturated carbocycles. The second-order valence-corrected chi connectivity index (χ2v) is 13.7. The van der Waals surface area contributed by atoms with E-state index in [1.165, 1.54) is 54.8 Å². The van der Waals surface area contributed by atoms with E-state index in [0.29, 0.717) is 0 Å². The molecule has 12 rings (SSSR count). The van der Waals surface area contributed by atoms with Gasteiger partial charge in [-0.2, -0.15) is 0 Å². The van der Waals surface area contributed by atoms with E-state index < -0.39 is 0 Å². The second-order valence-electron chi connectivity index (χ2n) is 13.7. The van der Waals surface area contributed by atoms with Gasteiger partial charge in [0.05, 0.1) is 44.8 Å². The molecule has 2 aliphatic heterocycles. The van der Waals surface area contributed by atoms with Gasteiger partial charge in [-0.25, -0.2) is 0 Å². The van der Waals surface area contributed by atoms with Gasteiger partial charge in [0.25, 0.3) is 0 Å². The van der Waals surface area contributed by atoms with Gasteiger partial charge in [-0.15, -0.1) is 0 Å². The number of hydrogen-bond donors (Lipinski definition) is 0. The first-order valence-corrected chi connectivity index (χ1v) is 17.8. The van der Waals surface area contributed by atoms with Gasteiger partial charge in [-0.05, 0) is 71.8 Å². The van der Waals surface area contributed by atoms with Crippen LogP contribution in [0.1, 0.15) is 0 Å². The predicted molar refractivity (Wildman–Crippen MR) is 214 cm³/mol. The summed E-state index contributed by atoms with van der Waals surface area (Å²) in [6.07, 6.45) is 0. The number of ether oxygens (including phenoxy) is 1. The predicted octanol–water partition coefficient (Wildman–Crippen LogP) is 13.1. The van der Waals surface area contributed by atoms with Crippen LogP contribution < -0.4 is 9.64 Å². The lowest BCUT2D eigenvalue weighted by Gasteiger charge is -2.34. The molecular formula is C48H29N3O. The lowest BCUT2D eigenvalue weighted by atomic mass is 9.94. The summed E-state index contributed by atoms with van der Waals surface area (Å²) in [5.74, 6) is 1.68. The Bertz CT molecular complexity index is 3070. The summed E-state index contributed by atoms with van der Waals surface area (Å²) < 4.78 is 11.6. The first kappa shape index (κ1) is 27.7. The topological polar surface area (TPSA) is 22.3 Å². The highest BCUT2D eigenvalue weighted by Crippen LogP contribution is 2.59. The largest absolute Gasteiger partial charge is 0.453 e. The zero-order chi connectivity index (χ0) is 33.9. The van der Waals surface area contributed by atoms with E-state index in [2.05, 4.69) is 190 Å². The quantitative estimate of drug-likeness (QED) is 0.184. The fourth-order valence-electron chi connectivity index (χ4n) is 8.88. The zero-order valence-corrected chi connectivity index (χ0v) is 28.0. The SMILES string of the molecule is c1ccc2c(c1)-c1ccccc1N1c3ccc(-n4c5ccccc5c5cc(-n6c7ccccc7c7ccccc76)ccc54)cc3Oc3cccc-2c31. The summed E-state index contributed by atoms with van der Waals surface area (Å²) in [5.41, 5.74) is 15.0. The number of benzene rings is 8. The molecule has 10 aromatic rings. The first-order chi connectivity index (χ1) is 25.8. The van der Waals surface area contributed by atoms with Gasteiger partial charge in [0, 0.05) is 44.4 Å². The molecule has 52 heavy (non-hydrogen) atoms. The minimum Gasteiger partial charge on any atom is -0.453 e. The average molecular weight is 664 g/mol. The molecule has 4 heterocycles. The van der Waals surface area contributed by atoms with Crippen LogP contribution >= 0.6 is 0 Å². The number of anilines is 3. The number of rotatable bonds is 2. The van der Waals surface area contributed by atoms with E-state index in [0.717, 1.165) is 51.0 Å². The summed E-state index contributed by atoms with van der Waals surface area (Å²) >= 11 is 0. The Morgan fingerprint density at radius 1 is 0.327 bits per heavy atom. The summed E-state index contributed by atoms with van der Waals surface area (Å²) in [6.45, 7) is 0. The number of nitrogens with zero attached hydrogens (tertiary/aromatic N) is 3. The van der Waals surface area contributed by atoms with Crippen molar-refractivity contribution >= 4 is 60.7 Å². The molecule has 242 valence electrons. The van der Waals surface area contributed by atoms with Crippen molar-refractivity contribution in [3.63, 3.8) is 0 Å². The maximum absolute atomic E-state index is 6.86. The van der Waals surface area contributed by atoms with Gasteiger partial charge >= 0.3 is 0 Å². The highest BCUT2D eigenvalue weighted by atomic mass is 16.5. The average Bonchev–Trinajstić information content (AvgIpc) is 3.68. The van der Waals surface area contributed by atoms with Crippen molar-refractivity contribution < 1.29 is 4.74 Å². The Kier molecular flexibility index (Phi) is 5.47. The number of para-hydroxylation sites is 5. The summed E-state index contributed by atoms with van der Waals surface area (Å²) in [4.78, 5) is 2.40. The highest BCUT2D eigenvalue weighted by Gasteiger charge is 2.33. The van der Waals surface area contributed by atoms with E-state index in [9.17, 15) is 0 Å². The van der Waals surface area contributed by atoms with Crippen LogP contribution in [0.4, 0.5) is 17.1 Å². The van der Waals surface area contributed by atoms with Crippen molar-refractivity contribution in [2.24, 2.45) is 0 Å². The number of fused-ring (bicyclic) bond motifs is 13. The molecule has 0 N–H and O–H groups in total. The van der Waals surface area contributed by atoms with Crippen LogP contribution in [-0.4, -0.2) is 9.13 Å². The highest BCUT2D eigenvalue weighted by molar-refractivity contribution is 6.12. The molecule has 4 nitrogen and oxygen atoms in total. The lowest BCUT2D eigenvalue weighted by Crippen LogP contribution is -2.16. The molecule has 0 aliphatic carbocycles. The molecule has 2 aromatic heterocycles. The molecule has 8 aromatic carbocycles. The Labute approximate surface area is 299 Å². The minimum absolute atomic E-state index is 0.829. The molecule has 0 saturated heterocycles. The van der Waals surface area contributed by atoms with Crippen LogP contribution in [0.25, 0.3) is 77.2 Å². The molecule has 2 aliphatic rings. The normalized spacial score (nSPS) is 12.7. The van der Waals surface area contributed by atoms with Crippen molar-refractivity contribution in [2.75, 3.05) is 4.90 Å². The van der Waals surface area contributed by atoms with Gasteiger partial charge in [-0.1, -0.05) is 109 Å². The van der Waals surface area contributed by atoms with Crippen molar-refractivity contribution in [1.29, 1.82) is 0 Å². The van der Waals surface area contributed by atoms with E-state index in [-0.39, 0.29) is 0 Å². The van der Waals surface area contributed by atoms with E-state index in [1.807, 2.05) is 0 Å². The van der Waals surface area contributed by atoms with E-state index in [1.54, 1.807) is 0 Å². The van der Waals surface area contributed by atoms with E-state index >= 15 is 0 Å². The van der Waals surface area contributed by atoms with Crippen molar-refractivity contribution in [3.05, 3.63) is 176 Å². The molecule has 0 spiro atoms. The molecule has 4 heteroatoms. The maximum atomic E-state index is 6.86. The Hall–Kier alpha value is -7.04. The molecular weight excluding hydrogens is 635 g/mol. The minimum atomic E-state index is 0.829. The van der Waals surface area contributed by atoms with Crippen molar-refractivity contribution in [3.8, 4) is 45.1 Å². The lowest BCUT2D eigenvalue weighted by molar-refractivity contribution is 0.477. The third-order valence-corrected chi connectivity index (χ3v) is 11.0. The van der Waals surface area contributed by atoms with Gasteiger partial charge in [-0.3, -0.25) is 0 Å². The van der Waals surface area contributed by atoms with Crippen LogP contribution in [0.2, 0.25) is 0 Å². The number of hydrogen-bond acceptors (Lipinski definition) is 2. The van der Waals surface area contributed by atoms with Crippen LogP contribution in [0, 0.1) is 0 Å². The van der Waals surface area contributed by atoms with Crippen molar-refractivity contribution in [2.45, 2.75) is 0 Å². The zero-order valence-electron chi connectivity index (χ0n) is 28.0. The van der Waals surface area contributed by atoms with Gasteiger partial charge < -0.3 is 18.8 Å². The standard InChI is InChI=1S/C48H29N3O/c1-2-13-33-32(12-1)34-14-3-10-22-43(34)51-45-27-25-31(29-47(45)52-46-23-11-18-38(33)48(46)51)50-42-21-9-6-17-37(42)39-28-30(24-26-44(39)50)49-40-19-7-4-15-35(40)36-16-5-8-20-41(36)49/h1-29H. The summed E-state index contributed by atoms with van der Waals surface area (Å²) in [5, 5.41) is 4.95. The molecule has 0 fully saturated rings. The maximum Gasteiger partial charge on any atom is 0.153 e. The van der Waals surface area contributed by atoms with Crippen LogP contribution in [0.3, 0.4) is 0 Å². The van der Waals surface area contributed by atoms with Crippen LogP contribution in [0.5, 0.6) is 11.5 Å². The molecule has 0 radical (unpaired) electrons. The Morgan fingerprint density at radius 2 is 0.846 bits per heavy atom. The summed E-state index contributed by atoms with van der Waals surface area (Å²) in [7, 11) is 0. The fourth-order valence-corrected chi connectivity index (χ4v) is 8.88. The molecule has 0 atom stereocenters. The first-order valence-electron chi connectivity index (χ1n) is 17.8. The van der Waals surface area contributed by atoms with Crippen LogP contribution in [0.15, 0.2) is 176 Å². The number of aromatic nitrogens is 2. The second kappa shape index (κ2) is 10.3. The molecule has 0 amide bonds. The smallest absolute Gasteiger partial charge is 0.153 e. The third kappa shape index (κ3) is 3.65. The third-order valence-electron chi connectivity index (χ3n) is 11.0. The Morgan fingerprint density at radius 3 is 1.56 bits per heavy atom. The van der Waals surface area contributed by atoms with Gasteiger partial charge in [0.15, 0.2) is 11.5 Å². The van der Waals surface area contributed by atoms with Gasteiger partial charge in [0.2, 0.25) is 0 Å². The van der Waals surface area contributed by atoms with E-state index in [4.69, 9.17) is 4.74 Å². The van der Waals surface area contributed by atoms with Gasteiger partial charge in [0.1, 0.15) is 0 Å². The Balaban J connectivity index is 1.07. The summed E-state index contributed by atoms with van der Waals surface area (Å²) in [6, 6.07) is 63.5. The fraction of sp³-hybridized carbons (Fsp3) is 0. The molecule has 0 bridgehead atoms. The van der Waals surface area contributed by atoms with Crippen LogP contribution in [-0.2, 0) is 0 Å². The van der Waals surface area contributed by atoms with Crippen molar-refractivity contribution in [1.82, 2.24) is 9.13 Å². The monoisotopic (exact) mass is 663 g/mol. The molecule has 0 unspecified atom stereocenters.